The largest absolute Gasteiger partial charge is 0.313 e. The van der Waals surface area contributed by atoms with Gasteiger partial charge in [-0.3, -0.25) is 0 Å². The summed E-state index contributed by atoms with van der Waals surface area (Å²) in [4.78, 5) is 0. The molecule has 1 aliphatic heterocycles. The molecule has 1 nitrogen and oxygen atoms in total. The first kappa shape index (κ1) is 14.8. The second-order valence-electron chi connectivity index (χ2n) is 5.31. The smallest absolute Gasteiger partial charge is 0.126 e. The van der Waals surface area contributed by atoms with Crippen LogP contribution in [-0.2, 0) is 6.42 Å². The van der Waals surface area contributed by atoms with E-state index in [1.165, 1.54) is 24.6 Å². The van der Waals surface area contributed by atoms with Crippen molar-refractivity contribution >= 4 is 11.8 Å². The van der Waals surface area contributed by atoms with Crippen molar-refractivity contribution in [3.63, 3.8) is 0 Å². The number of nitrogens with one attached hydrogen (secondary N) is 1. The molecule has 0 spiro atoms. The third-order valence-electron chi connectivity index (χ3n) is 3.87. The molecule has 1 N–H and O–H groups in total. The van der Waals surface area contributed by atoms with E-state index in [2.05, 4.69) is 19.2 Å². The maximum Gasteiger partial charge on any atom is 0.126 e. The molecule has 4 heteroatoms. The van der Waals surface area contributed by atoms with E-state index in [1.54, 1.807) is 0 Å². The Kier molecular flexibility index (Phi) is 4.85. The fraction of sp³-hybridized carbons (Fsp3) is 0.600. The highest BCUT2D eigenvalue weighted by atomic mass is 32.2. The number of hydrogen-bond acceptors (Lipinski definition) is 2. The summed E-state index contributed by atoms with van der Waals surface area (Å²) < 4.78 is 27.2. The standard InChI is InChI=1S/C15H21F2NS/c1-3-18-14(15(2)7-4-8-19-15)10-11-9-12(16)5-6-13(11)17/h5-6,9,14,18H,3-4,7-8,10H2,1-2H3. The summed E-state index contributed by atoms with van der Waals surface area (Å²) in [7, 11) is 0. The van der Waals surface area contributed by atoms with Crippen molar-refractivity contribution in [1.82, 2.24) is 5.32 Å². The summed E-state index contributed by atoms with van der Waals surface area (Å²) in [6, 6.07) is 3.90. The highest BCUT2D eigenvalue weighted by Crippen LogP contribution is 2.41. The van der Waals surface area contributed by atoms with Gasteiger partial charge in [0.25, 0.3) is 0 Å². The Morgan fingerprint density at radius 1 is 1.42 bits per heavy atom. The SMILES string of the molecule is CCNC(Cc1cc(F)ccc1F)C1(C)CCCS1. The van der Waals surface area contributed by atoms with Gasteiger partial charge in [0, 0.05) is 10.8 Å². The third kappa shape index (κ3) is 3.48. The fourth-order valence-corrected chi connectivity index (χ4v) is 4.16. The summed E-state index contributed by atoms with van der Waals surface area (Å²) in [5.74, 6) is 0.482. The van der Waals surface area contributed by atoms with E-state index in [0.717, 1.165) is 18.7 Å². The van der Waals surface area contributed by atoms with Crippen LogP contribution in [0.2, 0.25) is 0 Å². The van der Waals surface area contributed by atoms with Crippen molar-refractivity contribution in [2.45, 2.75) is 43.9 Å². The van der Waals surface area contributed by atoms with Crippen LogP contribution in [0.3, 0.4) is 0 Å². The first-order chi connectivity index (χ1) is 9.05. The summed E-state index contributed by atoms with van der Waals surface area (Å²) >= 11 is 1.94. The zero-order valence-electron chi connectivity index (χ0n) is 11.5. The lowest BCUT2D eigenvalue weighted by Crippen LogP contribution is -2.46. The van der Waals surface area contributed by atoms with Gasteiger partial charge in [0.2, 0.25) is 0 Å². The molecule has 0 aliphatic carbocycles. The molecule has 0 bridgehead atoms. The number of likely N-dealkylation sites (N-methyl/N-ethyl adjacent to an activating group) is 1. The molecule has 1 aliphatic rings. The van der Waals surface area contributed by atoms with Crippen molar-refractivity contribution in [1.29, 1.82) is 0 Å². The van der Waals surface area contributed by atoms with Gasteiger partial charge in [-0.15, -0.1) is 0 Å². The molecule has 1 heterocycles. The highest BCUT2D eigenvalue weighted by molar-refractivity contribution is 8.00. The molecular formula is C15H21F2NS. The lowest BCUT2D eigenvalue weighted by molar-refractivity contribution is 0.400. The number of benzene rings is 1. The number of hydrogen-bond donors (Lipinski definition) is 1. The van der Waals surface area contributed by atoms with Crippen molar-refractivity contribution in [2.75, 3.05) is 12.3 Å². The molecule has 1 aromatic carbocycles. The van der Waals surface area contributed by atoms with Crippen molar-refractivity contribution < 1.29 is 8.78 Å². The van der Waals surface area contributed by atoms with Crippen LogP contribution in [0.5, 0.6) is 0 Å². The van der Waals surface area contributed by atoms with Crippen LogP contribution in [0.4, 0.5) is 8.78 Å². The minimum absolute atomic E-state index is 0.120. The van der Waals surface area contributed by atoms with Crippen molar-refractivity contribution in [2.24, 2.45) is 0 Å². The van der Waals surface area contributed by atoms with E-state index in [0.29, 0.717) is 12.0 Å². The minimum atomic E-state index is -0.365. The lowest BCUT2D eigenvalue weighted by Gasteiger charge is -2.34. The average Bonchev–Trinajstić information content (AvgIpc) is 2.81. The van der Waals surface area contributed by atoms with Gasteiger partial charge in [-0.25, -0.2) is 8.78 Å². The molecule has 2 unspecified atom stereocenters. The topological polar surface area (TPSA) is 12.0 Å². The predicted molar refractivity (Wildman–Crippen MR) is 77.6 cm³/mol. The normalized spacial score (nSPS) is 24.6. The number of halogens is 2. The summed E-state index contributed by atoms with van der Waals surface area (Å²) in [5.41, 5.74) is 0.472. The van der Waals surface area contributed by atoms with Gasteiger partial charge in [0.1, 0.15) is 11.6 Å². The van der Waals surface area contributed by atoms with Crippen LogP contribution in [0, 0.1) is 11.6 Å². The van der Waals surface area contributed by atoms with Gasteiger partial charge in [0.15, 0.2) is 0 Å². The van der Waals surface area contributed by atoms with E-state index in [1.807, 2.05) is 11.8 Å². The summed E-state index contributed by atoms with van der Waals surface area (Å²) in [6.45, 7) is 5.13. The zero-order valence-corrected chi connectivity index (χ0v) is 12.3. The maximum absolute atomic E-state index is 13.8. The van der Waals surface area contributed by atoms with Gasteiger partial charge in [-0.1, -0.05) is 6.92 Å². The van der Waals surface area contributed by atoms with Crippen LogP contribution >= 0.6 is 11.8 Å². The molecule has 0 amide bonds. The molecule has 2 atom stereocenters. The quantitative estimate of drug-likeness (QED) is 0.884. The van der Waals surface area contributed by atoms with E-state index in [9.17, 15) is 8.78 Å². The van der Waals surface area contributed by atoms with Gasteiger partial charge in [0.05, 0.1) is 0 Å². The second-order valence-corrected chi connectivity index (χ2v) is 6.94. The molecular weight excluding hydrogens is 264 g/mol. The van der Waals surface area contributed by atoms with E-state index >= 15 is 0 Å². The van der Waals surface area contributed by atoms with Gasteiger partial charge < -0.3 is 5.32 Å². The van der Waals surface area contributed by atoms with Crippen molar-refractivity contribution in [3.05, 3.63) is 35.4 Å². The average molecular weight is 285 g/mol. The van der Waals surface area contributed by atoms with Gasteiger partial charge in [-0.2, -0.15) is 11.8 Å². The monoisotopic (exact) mass is 285 g/mol. The second kappa shape index (κ2) is 6.23. The van der Waals surface area contributed by atoms with Gasteiger partial charge in [-0.05, 0) is 62.2 Å². The van der Waals surface area contributed by atoms with Crippen LogP contribution < -0.4 is 5.32 Å². The molecule has 2 rings (SSSR count). The summed E-state index contributed by atoms with van der Waals surface area (Å²) in [6.07, 6.45) is 2.88. The van der Waals surface area contributed by atoms with Crippen molar-refractivity contribution in [3.8, 4) is 0 Å². The molecule has 1 aromatic rings. The molecule has 106 valence electrons. The molecule has 0 radical (unpaired) electrons. The summed E-state index contributed by atoms with van der Waals surface area (Å²) in [5, 5.41) is 3.45. The first-order valence-electron chi connectivity index (χ1n) is 6.86. The zero-order chi connectivity index (χ0) is 13.9. The van der Waals surface area contributed by atoms with Crippen LogP contribution in [0.1, 0.15) is 32.3 Å². The molecule has 0 aromatic heterocycles. The fourth-order valence-electron chi connectivity index (χ4n) is 2.75. The Morgan fingerprint density at radius 3 is 2.84 bits per heavy atom. The Morgan fingerprint density at radius 2 is 2.21 bits per heavy atom. The Hall–Kier alpha value is -0.610. The number of thioether (sulfide) groups is 1. The van der Waals surface area contributed by atoms with Crippen LogP contribution in [0.15, 0.2) is 18.2 Å². The highest BCUT2D eigenvalue weighted by Gasteiger charge is 2.37. The Balaban J connectivity index is 2.18. The Bertz CT molecular complexity index is 430. The number of rotatable bonds is 5. The van der Waals surface area contributed by atoms with E-state index in [-0.39, 0.29) is 22.4 Å². The predicted octanol–water partition coefficient (Wildman–Crippen LogP) is 3.77. The Labute approximate surface area is 118 Å². The van der Waals surface area contributed by atoms with Crippen LogP contribution in [-0.4, -0.2) is 23.1 Å². The van der Waals surface area contributed by atoms with E-state index in [4.69, 9.17) is 0 Å². The van der Waals surface area contributed by atoms with E-state index < -0.39 is 0 Å². The first-order valence-corrected chi connectivity index (χ1v) is 7.85. The van der Waals surface area contributed by atoms with Gasteiger partial charge >= 0.3 is 0 Å². The lowest BCUT2D eigenvalue weighted by atomic mass is 9.90. The maximum atomic E-state index is 13.8. The third-order valence-corrected chi connectivity index (χ3v) is 5.51. The molecule has 1 fully saturated rings. The van der Waals surface area contributed by atoms with Crippen LogP contribution in [0.25, 0.3) is 0 Å². The molecule has 1 saturated heterocycles. The molecule has 0 saturated carbocycles. The minimum Gasteiger partial charge on any atom is -0.313 e. The molecule has 19 heavy (non-hydrogen) atoms.